The Morgan fingerprint density at radius 1 is 0.952 bits per heavy atom. The van der Waals surface area contributed by atoms with Gasteiger partial charge in [0.1, 0.15) is 0 Å². The molecule has 0 aromatic heterocycles. The molecule has 0 bridgehead atoms. The topological polar surface area (TPSA) is 12.0 Å². The molecule has 1 nitrogen and oxygen atoms in total. The van der Waals surface area contributed by atoms with Gasteiger partial charge >= 0.3 is 0 Å². The highest BCUT2D eigenvalue weighted by molar-refractivity contribution is 6.34. The van der Waals surface area contributed by atoms with Gasteiger partial charge in [-0.05, 0) is 55.1 Å². The molecule has 21 heavy (non-hydrogen) atoms. The standard InChI is InChI=1S/C18H19Cl2N/c1-12-3-2-4-13(7-12)18-11-21-6-5-17(18)14-8-15(19)10-16(20)9-14/h2-4,7-10,17-18,21H,5-6,11H2,1H3. The lowest BCUT2D eigenvalue weighted by Gasteiger charge is -2.33. The number of aryl methyl sites for hydroxylation is 1. The lowest BCUT2D eigenvalue weighted by atomic mass is 9.77. The van der Waals surface area contributed by atoms with Gasteiger partial charge in [-0.1, -0.05) is 53.0 Å². The van der Waals surface area contributed by atoms with Crippen molar-refractivity contribution in [1.29, 1.82) is 0 Å². The summed E-state index contributed by atoms with van der Waals surface area (Å²) < 4.78 is 0. The van der Waals surface area contributed by atoms with Crippen LogP contribution in [0.5, 0.6) is 0 Å². The molecule has 2 aromatic rings. The Bertz CT molecular complexity index is 619. The molecule has 1 aliphatic heterocycles. The van der Waals surface area contributed by atoms with E-state index >= 15 is 0 Å². The first-order valence-electron chi connectivity index (χ1n) is 7.37. The van der Waals surface area contributed by atoms with E-state index in [1.54, 1.807) is 6.07 Å². The van der Waals surface area contributed by atoms with Gasteiger partial charge in [0.15, 0.2) is 0 Å². The molecule has 2 unspecified atom stereocenters. The molecule has 110 valence electrons. The number of hydrogen-bond acceptors (Lipinski definition) is 1. The van der Waals surface area contributed by atoms with E-state index in [0.29, 0.717) is 11.8 Å². The van der Waals surface area contributed by atoms with Gasteiger partial charge in [-0.25, -0.2) is 0 Å². The van der Waals surface area contributed by atoms with E-state index in [2.05, 4.69) is 48.6 Å². The van der Waals surface area contributed by atoms with Crippen LogP contribution in [-0.4, -0.2) is 13.1 Å². The average Bonchev–Trinajstić information content (AvgIpc) is 2.46. The zero-order chi connectivity index (χ0) is 14.8. The van der Waals surface area contributed by atoms with E-state index in [1.807, 2.05) is 0 Å². The summed E-state index contributed by atoms with van der Waals surface area (Å²) in [5.74, 6) is 0.928. The summed E-state index contributed by atoms with van der Waals surface area (Å²) in [5.41, 5.74) is 3.95. The molecular formula is C18H19Cl2N. The van der Waals surface area contributed by atoms with Crippen LogP contribution in [0.4, 0.5) is 0 Å². The summed E-state index contributed by atoms with van der Waals surface area (Å²) >= 11 is 12.4. The van der Waals surface area contributed by atoms with Crippen LogP contribution in [0.2, 0.25) is 10.0 Å². The monoisotopic (exact) mass is 319 g/mol. The Labute approximate surface area is 136 Å². The van der Waals surface area contributed by atoms with Gasteiger partial charge in [0.05, 0.1) is 0 Å². The van der Waals surface area contributed by atoms with E-state index in [-0.39, 0.29) is 0 Å². The van der Waals surface area contributed by atoms with Crippen molar-refractivity contribution in [3.63, 3.8) is 0 Å². The molecule has 0 saturated carbocycles. The molecule has 3 heteroatoms. The Kier molecular flexibility index (Phi) is 4.54. The first-order valence-corrected chi connectivity index (χ1v) is 8.12. The SMILES string of the molecule is Cc1cccc(C2CNCCC2c2cc(Cl)cc(Cl)c2)c1. The molecule has 3 rings (SSSR count). The van der Waals surface area contributed by atoms with Crippen molar-refractivity contribution < 1.29 is 0 Å². The molecule has 2 aromatic carbocycles. The van der Waals surface area contributed by atoms with Crippen LogP contribution in [0, 0.1) is 6.92 Å². The van der Waals surface area contributed by atoms with E-state index in [1.165, 1.54) is 16.7 Å². The molecule has 1 saturated heterocycles. The maximum absolute atomic E-state index is 6.19. The van der Waals surface area contributed by atoms with Crippen LogP contribution in [0.1, 0.15) is 34.9 Å². The third kappa shape index (κ3) is 3.42. The van der Waals surface area contributed by atoms with E-state index in [4.69, 9.17) is 23.2 Å². The lowest BCUT2D eigenvalue weighted by molar-refractivity contribution is 0.404. The Hall–Kier alpha value is -1.02. The maximum Gasteiger partial charge on any atom is 0.0423 e. The smallest absolute Gasteiger partial charge is 0.0423 e. The first kappa shape index (κ1) is 14.9. The largest absolute Gasteiger partial charge is 0.316 e. The van der Waals surface area contributed by atoms with Gasteiger partial charge in [0, 0.05) is 22.5 Å². The molecule has 2 atom stereocenters. The fraction of sp³-hybridized carbons (Fsp3) is 0.333. The summed E-state index contributed by atoms with van der Waals surface area (Å²) in [6.07, 6.45) is 1.11. The average molecular weight is 320 g/mol. The summed E-state index contributed by atoms with van der Waals surface area (Å²) in [6.45, 7) is 4.18. The number of rotatable bonds is 2. The van der Waals surface area contributed by atoms with E-state index in [9.17, 15) is 0 Å². The minimum absolute atomic E-state index is 0.462. The van der Waals surface area contributed by atoms with Crippen molar-refractivity contribution in [1.82, 2.24) is 5.32 Å². The van der Waals surface area contributed by atoms with Gasteiger partial charge in [-0.3, -0.25) is 0 Å². The number of nitrogens with one attached hydrogen (secondary N) is 1. The molecule has 0 spiro atoms. The van der Waals surface area contributed by atoms with Crippen molar-refractivity contribution in [3.8, 4) is 0 Å². The fourth-order valence-corrected chi connectivity index (χ4v) is 3.84. The molecule has 1 fully saturated rings. The van der Waals surface area contributed by atoms with Crippen LogP contribution >= 0.6 is 23.2 Å². The highest BCUT2D eigenvalue weighted by Crippen LogP contribution is 2.39. The van der Waals surface area contributed by atoms with Crippen LogP contribution in [0.15, 0.2) is 42.5 Å². The van der Waals surface area contributed by atoms with Crippen molar-refractivity contribution in [2.24, 2.45) is 0 Å². The summed E-state index contributed by atoms with van der Waals surface area (Å²) in [5, 5.41) is 4.96. The fourth-order valence-electron chi connectivity index (χ4n) is 3.30. The molecule has 0 amide bonds. The Balaban J connectivity index is 1.98. The number of benzene rings is 2. The van der Waals surface area contributed by atoms with Crippen LogP contribution in [-0.2, 0) is 0 Å². The molecule has 1 N–H and O–H groups in total. The van der Waals surface area contributed by atoms with Gasteiger partial charge in [0.2, 0.25) is 0 Å². The highest BCUT2D eigenvalue weighted by Gasteiger charge is 2.28. The third-order valence-corrected chi connectivity index (χ3v) is 4.70. The first-order chi connectivity index (χ1) is 10.1. The zero-order valence-corrected chi connectivity index (χ0v) is 13.6. The number of hydrogen-bond donors (Lipinski definition) is 1. The maximum atomic E-state index is 6.19. The van der Waals surface area contributed by atoms with Gasteiger partial charge < -0.3 is 5.32 Å². The highest BCUT2D eigenvalue weighted by atomic mass is 35.5. The minimum Gasteiger partial charge on any atom is -0.316 e. The predicted octanol–water partition coefficient (Wildman–Crippen LogP) is 5.16. The van der Waals surface area contributed by atoms with Crippen LogP contribution in [0.25, 0.3) is 0 Å². The quantitative estimate of drug-likeness (QED) is 0.805. The Morgan fingerprint density at radius 2 is 1.71 bits per heavy atom. The molecule has 0 radical (unpaired) electrons. The van der Waals surface area contributed by atoms with E-state index in [0.717, 1.165) is 29.6 Å². The van der Waals surface area contributed by atoms with E-state index < -0.39 is 0 Å². The van der Waals surface area contributed by atoms with Crippen LogP contribution in [0.3, 0.4) is 0 Å². The van der Waals surface area contributed by atoms with Gasteiger partial charge in [-0.15, -0.1) is 0 Å². The van der Waals surface area contributed by atoms with Crippen molar-refractivity contribution in [2.45, 2.75) is 25.2 Å². The zero-order valence-electron chi connectivity index (χ0n) is 12.1. The van der Waals surface area contributed by atoms with Crippen molar-refractivity contribution in [3.05, 3.63) is 69.2 Å². The summed E-state index contributed by atoms with van der Waals surface area (Å²) in [4.78, 5) is 0. The van der Waals surface area contributed by atoms with Crippen LogP contribution < -0.4 is 5.32 Å². The third-order valence-electron chi connectivity index (χ3n) is 4.27. The van der Waals surface area contributed by atoms with Gasteiger partial charge in [0.25, 0.3) is 0 Å². The van der Waals surface area contributed by atoms with Gasteiger partial charge in [-0.2, -0.15) is 0 Å². The summed E-state index contributed by atoms with van der Waals surface area (Å²) in [6, 6.07) is 14.7. The van der Waals surface area contributed by atoms with Crippen molar-refractivity contribution >= 4 is 23.2 Å². The molecule has 1 heterocycles. The second kappa shape index (κ2) is 6.39. The lowest BCUT2D eigenvalue weighted by Crippen LogP contribution is -2.34. The molecular weight excluding hydrogens is 301 g/mol. The molecule has 0 aliphatic carbocycles. The Morgan fingerprint density at radius 3 is 2.43 bits per heavy atom. The van der Waals surface area contributed by atoms with Crippen molar-refractivity contribution in [2.75, 3.05) is 13.1 Å². The normalized spacial score (nSPS) is 22.2. The second-order valence-corrected chi connectivity index (χ2v) is 6.70. The second-order valence-electron chi connectivity index (χ2n) is 5.82. The summed E-state index contributed by atoms with van der Waals surface area (Å²) in [7, 11) is 0. The molecule has 1 aliphatic rings. The minimum atomic E-state index is 0.462. The number of piperidine rings is 1. The predicted molar refractivity (Wildman–Crippen MR) is 90.6 cm³/mol. The number of halogens is 2.